The van der Waals surface area contributed by atoms with E-state index < -0.39 is 0 Å². The van der Waals surface area contributed by atoms with Crippen molar-refractivity contribution >= 4 is 28.8 Å². The molecule has 0 unspecified atom stereocenters. The number of hydrogen-bond acceptors (Lipinski definition) is 2. The normalized spacial score (nSPS) is 10.7. The highest BCUT2D eigenvalue weighted by Crippen LogP contribution is 2.22. The number of rotatable bonds is 2. The number of benzene rings is 1. The van der Waals surface area contributed by atoms with E-state index in [0.717, 1.165) is 22.6 Å². The summed E-state index contributed by atoms with van der Waals surface area (Å²) >= 11 is 5.88. The van der Waals surface area contributed by atoms with E-state index in [4.69, 9.17) is 11.6 Å². The zero-order chi connectivity index (χ0) is 14.1. The molecule has 1 aromatic carbocycles. The van der Waals surface area contributed by atoms with Gasteiger partial charge < -0.3 is 9.72 Å². The first kappa shape index (κ1) is 12.7. The molecule has 5 heteroatoms. The van der Waals surface area contributed by atoms with Crippen LogP contribution in [-0.4, -0.2) is 15.3 Å². The van der Waals surface area contributed by atoms with Gasteiger partial charge in [-0.05, 0) is 24.3 Å². The van der Waals surface area contributed by atoms with Gasteiger partial charge in [0.05, 0.1) is 11.4 Å². The maximum absolute atomic E-state index is 11.1. The average molecular weight is 286 g/mol. The molecule has 0 aliphatic heterocycles. The molecule has 1 N–H and O–H groups in total. The number of anilines is 1. The largest absolute Gasteiger partial charge is 0.325 e. The Balaban J connectivity index is 2.01. The van der Waals surface area contributed by atoms with Crippen LogP contribution in [-0.2, 0) is 4.79 Å². The van der Waals surface area contributed by atoms with Gasteiger partial charge in [0.1, 0.15) is 5.65 Å². The van der Waals surface area contributed by atoms with Gasteiger partial charge in [0.25, 0.3) is 0 Å². The molecule has 2 aromatic heterocycles. The summed E-state index contributed by atoms with van der Waals surface area (Å²) in [5.74, 6) is -0.0950. The van der Waals surface area contributed by atoms with Crippen molar-refractivity contribution in [2.45, 2.75) is 6.92 Å². The molecule has 3 aromatic rings. The van der Waals surface area contributed by atoms with Crippen molar-refractivity contribution in [1.29, 1.82) is 0 Å². The Hall–Kier alpha value is -2.33. The number of aromatic nitrogens is 2. The van der Waals surface area contributed by atoms with E-state index >= 15 is 0 Å². The van der Waals surface area contributed by atoms with Gasteiger partial charge in [0, 0.05) is 29.9 Å². The zero-order valence-corrected chi connectivity index (χ0v) is 11.6. The van der Waals surface area contributed by atoms with Gasteiger partial charge >= 0.3 is 0 Å². The van der Waals surface area contributed by atoms with Crippen LogP contribution in [0, 0.1) is 0 Å². The van der Waals surface area contributed by atoms with Crippen LogP contribution in [0.3, 0.4) is 0 Å². The quantitative estimate of drug-likeness (QED) is 0.782. The summed E-state index contributed by atoms with van der Waals surface area (Å²) in [7, 11) is 0. The van der Waals surface area contributed by atoms with Crippen LogP contribution in [0.5, 0.6) is 0 Å². The van der Waals surface area contributed by atoms with E-state index in [0.29, 0.717) is 5.02 Å². The molecule has 0 aliphatic rings. The molecule has 0 aliphatic carbocycles. The van der Waals surface area contributed by atoms with Crippen molar-refractivity contribution in [3.63, 3.8) is 0 Å². The number of carbonyl (C=O) groups excluding carboxylic acids is 1. The highest BCUT2D eigenvalue weighted by molar-refractivity contribution is 6.30. The number of hydrogen-bond donors (Lipinski definition) is 1. The first-order valence-electron chi connectivity index (χ1n) is 6.14. The Bertz CT molecular complexity index is 777. The molecule has 0 saturated carbocycles. The van der Waals surface area contributed by atoms with Gasteiger partial charge in [-0.1, -0.05) is 23.7 Å². The van der Waals surface area contributed by atoms with Crippen LogP contribution in [0.1, 0.15) is 6.92 Å². The predicted octanol–water partition coefficient (Wildman–Crippen LogP) is 3.61. The lowest BCUT2D eigenvalue weighted by molar-refractivity contribution is -0.114. The number of amides is 1. The summed E-state index contributed by atoms with van der Waals surface area (Å²) < 4.78 is 1.88. The lowest BCUT2D eigenvalue weighted by Gasteiger charge is -2.01. The van der Waals surface area contributed by atoms with E-state index in [9.17, 15) is 4.79 Å². The van der Waals surface area contributed by atoms with Gasteiger partial charge in [0.15, 0.2) is 0 Å². The molecule has 20 heavy (non-hydrogen) atoms. The van der Waals surface area contributed by atoms with E-state index in [1.807, 2.05) is 53.2 Å². The minimum absolute atomic E-state index is 0.0950. The first-order chi connectivity index (χ1) is 9.61. The zero-order valence-electron chi connectivity index (χ0n) is 10.8. The molecule has 0 fully saturated rings. The van der Waals surface area contributed by atoms with E-state index in [-0.39, 0.29) is 5.91 Å². The maximum Gasteiger partial charge on any atom is 0.221 e. The van der Waals surface area contributed by atoms with Crippen LogP contribution >= 0.6 is 11.6 Å². The van der Waals surface area contributed by atoms with Crippen molar-refractivity contribution in [1.82, 2.24) is 9.38 Å². The molecular formula is C15H12ClN3O. The smallest absolute Gasteiger partial charge is 0.221 e. The lowest BCUT2D eigenvalue weighted by Crippen LogP contribution is -2.06. The Kier molecular flexibility index (Phi) is 3.16. The fraction of sp³-hybridized carbons (Fsp3) is 0.0667. The Morgan fingerprint density at radius 3 is 2.60 bits per heavy atom. The number of halogens is 1. The molecule has 0 radical (unpaired) electrons. The van der Waals surface area contributed by atoms with Crippen molar-refractivity contribution in [2.75, 3.05) is 5.32 Å². The second kappa shape index (κ2) is 4.98. The Labute approximate surface area is 121 Å². The number of nitrogens with zero attached hydrogens (tertiary/aromatic N) is 2. The first-order valence-corrected chi connectivity index (χ1v) is 6.52. The monoisotopic (exact) mass is 285 g/mol. The highest BCUT2D eigenvalue weighted by Gasteiger charge is 2.05. The average Bonchev–Trinajstić information content (AvgIpc) is 2.81. The third-order valence-electron chi connectivity index (χ3n) is 2.91. The fourth-order valence-electron chi connectivity index (χ4n) is 2.03. The van der Waals surface area contributed by atoms with Gasteiger partial charge in [-0.15, -0.1) is 0 Å². The summed E-state index contributed by atoms with van der Waals surface area (Å²) in [6.45, 7) is 1.48. The molecule has 2 heterocycles. The van der Waals surface area contributed by atoms with Crippen LogP contribution in [0.2, 0.25) is 5.02 Å². The number of carbonyl (C=O) groups is 1. The van der Waals surface area contributed by atoms with Gasteiger partial charge in [-0.3, -0.25) is 4.79 Å². The second-order valence-electron chi connectivity index (χ2n) is 4.50. The van der Waals surface area contributed by atoms with Gasteiger partial charge in [-0.2, -0.15) is 0 Å². The molecule has 0 saturated heterocycles. The molecule has 0 spiro atoms. The highest BCUT2D eigenvalue weighted by atomic mass is 35.5. The predicted molar refractivity (Wildman–Crippen MR) is 79.9 cm³/mol. The number of nitrogens with one attached hydrogen (secondary N) is 1. The fourth-order valence-corrected chi connectivity index (χ4v) is 2.15. The third-order valence-corrected chi connectivity index (χ3v) is 3.16. The standard InChI is InChI=1S/C15H12ClN3O/c1-10(20)17-13-6-7-15-18-14(9-19(15)8-13)11-2-4-12(16)5-3-11/h2-9H,1H3,(H,17,20). The van der Waals surface area contributed by atoms with Crippen LogP contribution in [0.4, 0.5) is 5.69 Å². The number of pyridine rings is 1. The van der Waals surface area contributed by atoms with Crippen molar-refractivity contribution in [3.05, 3.63) is 53.8 Å². The van der Waals surface area contributed by atoms with Gasteiger partial charge in [0.2, 0.25) is 5.91 Å². The summed E-state index contributed by atoms with van der Waals surface area (Å²) in [6, 6.07) is 11.2. The summed E-state index contributed by atoms with van der Waals surface area (Å²) in [6.07, 6.45) is 3.76. The Morgan fingerprint density at radius 1 is 1.15 bits per heavy atom. The van der Waals surface area contributed by atoms with E-state index in [1.54, 1.807) is 0 Å². The molecule has 3 rings (SSSR count). The van der Waals surface area contributed by atoms with Crippen LogP contribution in [0.25, 0.3) is 16.9 Å². The molecule has 1 amide bonds. The summed E-state index contributed by atoms with van der Waals surface area (Å²) in [5.41, 5.74) is 3.43. The molecule has 0 atom stereocenters. The third kappa shape index (κ3) is 2.51. The molecule has 0 bridgehead atoms. The van der Waals surface area contributed by atoms with Crippen molar-refractivity contribution in [3.8, 4) is 11.3 Å². The van der Waals surface area contributed by atoms with Crippen LogP contribution < -0.4 is 5.32 Å². The van der Waals surface area contributed by atoms with E-state index in [1.165, 1.54) is 6.92 Å². The summed E-state index contributed by atoms with van der Waals surface area (Å²) in [5, 5.41) is 3.45. The van der Waals surface area contributed by atoms with E-state index in [2.05, 4.69) is 10.3 Å². The van der Waals surface area contributed by atoms with Crippen molar-refractivity contribution in [2.24, 2.45) is 0 Å². The minimum Gasteiger partial charge on any atom is -0.325 e. The number of fused-ring (bicyclic) bond motifs is 1. The lowest BCUT2D eigenvalue weighted by atomic mass is 10.2. The molecule has 100 valence electrons. The molecular weight excluding hydrogens is 274 g/mol. The molecule has 4 nitrogen and oxygen atoms in total. The Morgan fingerprint density at radius 2 is 1.90 bits per heavy atom. The number of imidazole rings is 1. The maximum atomic E-state index is 11.1. The SMILES string of the molecule is CC(=O)Nc1ccc2nc(-c3ccc(Cl)cc3)cn2c1. The second-order valence-corrected chi connectivity index (χ2v) is 4.93. The topological polar surface area (TPSA) is 46.4 Å². The van der Waals surface area contributed by atoms with Crippen LogP contribution in [0.15, 0.2) is 48.8 Å². The van der Waals surface area contributed by atoms with Crippen molar-refractivity contribution < 1.29 is 4.79 Å². The van der Waals surface area contributed by atoms with Gasteiger partial charge in [-0.25, -0.2) is 4.98 Å². The minimum atomic E-state index is -0.0950. The summed E-state index contributed by atoms with van der Waals surface area (Å²) in [4.78, 5) is 15.6.